The number of carbonyl (C=O) groups excluding carboxylic acids is 2. The van der Waals surface area contributed by atoms with Gasteiger partial charge in [0.25, 0.3) is 0 Å². The highest BCUT2D eigenvalue weighted by atomic mass is 32.2. The van der Waals surface area contributed by atoms with Crippen LogP contribution in [0, 0.1) is 0 Å². The number of amides is 2. The number of nitrogens with two attached hydrogens (primary N) is 1. The zero-order valence-electron chi connectivity index (χ0n) is 19.8. The van der Waals surface area contributed by atoms with Gasteiger partial charge >= 0.3 is 16.2 Å². The Morgan fingerprint density at radius 1 is 1.03 bits per heavy atom. The lowest BCUT2D eigenvalue weighted by atomic mass is 10.0. The maximum atomic E-state index is 13.4. The molecule has 3 rings (SSSR count). The number of methoxy groups -OCH3 is 1. The van der Waals surface area contributed by atoms with E-state index in [2.05, 4.69) is 19.9 Å². The predicted molar refractivity (Wildman–Crippen MR) is 134 cm³/mol. The van der Waals surface area contributed by atoms with Crippen LogP contribution in [-0.2, 0) is 43.2 Å². The first kappa shape index (κ1) is 27.3. The van der Waals surface area contributed by atoms with Crippen molar-refractivity contribution in [2.24, 2.45) is 5.90 Å². The highest BCUT2D eigenvalue weighted by Crippen LogP contribution is 2.23. The Bertz CT molecular complexity index is 1260. The number of thiazole rings is 1. The predicted octanol–water partition coefficient (Wildman–Crippen LogP) is 2.65. The van der Waals surface area contributed by atoms with Crippen molar-refractivity contribution in [2.45, 2.75) is 43.2 Å². The smallest absolute Gasteiger partial charge is 0.407 e. The summed E-state index contributed by atoms with van der Waals surface area (Å²) in [5, 5.41) is 8.39. The molecule has 2 atom stereocenters. The van der Waals surface area contributed by atoms with E-state index < -0.39 is 34.2 Å². The van der Waals surface area contributed by atoms with E-state index >= 15 is 0 Å². The van der Waals surface area contributed by atoms with Crippen LogP contribution < -0.4 is 16.5 Å². The first-order chi connectivity index (χ1) is 17.2. The van der Waals surface area contributed by atoms with Crippen LogP contribution in [0.1, 0.15) is 34.8 Å². The number of hydrogen-bond donors (Lipinski definition) is 3. The third kappa shape index (κ3) is 7.34. The van der Waals surface area contributed by atoms with Gasteiger partial charge in [-0.05, 0) is 36.1 Å². The van der Waals surface area contributed by atoms with E-state index in [1.165, 1.54) is 30.6 Å². The van der Waals surface area contributed by atoms with Crippen molar-refractivity contribution >= 4 is 33.5 Å². The average molecular weight is 533 g/mol. The zero-order valence-corrected chi connectivity index (χ0v) is 21.5. The normalized spacial score (nSPS) is 13.0. The lowest BCUT2D eigenvalue weighted by Gasteiger charge is -2.23. The SMILES string of the molecule is CCc1nc([C@H](Cc2ccc(S(=O)(=O)ON)cc2)NC(=O)[C@H](Cc2ccccc2)NC(=O)OC)cs1. The lowest BCUT2D eigenvalue weighted by molar-refractivity contribution is -0.123. The van der Waals surface area contributed by atoms with Crippen molar-refractivity contribution in [2.75, 3.05) is 7.11 Å². The molecule has 0 spiro atoms. The van der Waals surface area contributed by atoms with Gasteiger partial charge < -0.3 is 15.4 Å². The quantitative estimate of drug-likeness (QED) is 0.319. The van der Waals surface area contributed by atoms with E-state index in [0.29, 0.717) is 12.1 Å². The van der Waals surface area contributed by atoms with Gasteiger partial charge in [0.05, 0.1) is 28.7 Å². The van der Waals surface area contributed by atoms with E-state index in [9.17, 15) is 18.0 Å². The molecule has 3 aromatic rings. The van der Waals surface area contributed by atoms with Gasteiger partial charge in [-0.1, -0.05) is 49.4 Å². The molecule has 12 heteroatoms. The van der Waals surface area contributed by atoms with Gasteiger partial charge in [-0.15, -0.1) is 11.3 Å². The van der Waals surface area contributed by atoms with Gasteiger partial charge in [-0.25, -0.2) is 9.78 Å². The molecule has 0 fully saturated rings. The molecule has 2 amide bonds. The standard InChI is InChI=1S/C24H28N4O6S2/c1-3-22-26-21(15-35-22)19(13-17-9-11-18(12-10-17)36(31,32)34-25)27-23(29)20(28-24(30)33-2)14-16-7-5-4-6-8-16/h4-12,15,19-20H,3,13-14,25H2,1-2H3,(H,27,29)(H,28,30)/t19-,20-/m0/s1. The minimum absolute atomic E-state index is 0.0820. The highest BCUT2D eigenvalue weighted by molar-refractivity contribution is 7.86. The third-order valence-corrected chi connectivity index (χ3v) is 7.51. The van der Waals surface area contributed by atoms with E-state index in [4.69, 9.17) is 10.6 Å². The van der Waals surface area contributed by atoms with Crippen molar-refractivity contribution in [3.05, 3.63) is 81.8 Å². The Morgan fingerprint density at radius 3 is 2.28 bits per heavy atom. The summed E-state index contributed by atoms with van der Waals surface area (Å²) in [5.74, 6) is 4.44. The number of aryl methyl sites for hydroxylation is 1. The minimum Gasteiger partial charge on any atom is -0.453 e. The monoisotopic (exact) mass is 532 g/mol. The first-order valence-corrected chi connectivity index (χ1v) is 13.4. The number of carbonyl (C=O) groups is 2. The molecule has 10 nitrogen and oxygen atoms in total. The molecule has 1 heterocycles. The Hall–Kier alpha value is -3.32. The van der Waals surface area contributed by atoms with Crippen molar-refractivity contribution in [1.82, 2.24) is 15.6 Å². The van der Waals surface area contributed by atoms with Gasteiger partial charge in [0.2, 0.25) is 5.91 Å². The number of ether oxygens (including phenoxy) is 1. The van der Waals surface area contributed by atoms with Gasteiger partial charge in [-0.3, -0.25) is 4.79 Å². The van der Waals surface area contributed by atoms with Crippen molar-refractivity contribution in [3.8, 4) is 0 Å². The van der Waals surface area contributed by atoms with Crippen LogP contribution in [-0.4, -0.2) is 38.6 Å². The molecular formula is C24H28N4O6S2. The van der Waals surface area contributed by atoms with Crippen molar-refractivity contribution < 1.29 is 27.0 Å². The van der Waals surface area contributed by atoms with Crippen LogP contribution in [0.4, 0.5) is 4.79 Å². The Balaban J connectivity index is 1.85. The number of rotatable bonds is 11. The summed E-state index contributed by atoms with van der Waals surface area (Å²) in [6.07, 6.45) is 0.622. The molecule has 0 unspecified atom stereocenters. The summed E-state index contributed by atoms with van der Waals surface area (Å²) in [6.45, 7) is 1.99. The Kier molecular flexibility index (Phi) is 9.53. The summed E-state index contributed by atoms with van der Waals surface area (Å²) in [4.78, 5) is 29.9. The fourth-order valence-corrected chi connectivity index (χ4v) is 4.87. The number of aromatic nitrogens is 1. The highest BCUT2D eigenvalue weighted by Gasteiger charge is 2.26. The molecule has 0 bridgehead atoms. The molecule has 1 aromatic heterocycles. The van der Waals surface area contributed by atoms with E-state index in [1.807, 2.05) is 42.6 Å². The molecule has 0 aliphatic heterocycles. The number of alkyl carbamates (subject to hydrolysis) is 1. The van der Waals surface area contributed by atoms with Gasteiger partial charge in [0.1, 0.15) is 6.04 Å². The van der Waals surface area contributed by atoms with Gasteiger partial charge in [0, 0.05) is 11.8 Å². The maximum absolute atomic E-state index is 13.4. The Morgan fingerprint density at radius 2 is 1.69 bits per heavy atom. The van der Waals surface area contributed by atoms with Crippen LogP contribution in [0.2, 0.25) is 0 Å². The second-order valence-electron chi connectivity index (χ2n) is 7.86. The topological polar surface area (TPSA) is 150 Å². The van der Waals surface area contributed by atoms with Gasteiger partial charge in [0.15, 0.2) is 0 Å². The van der Waals surface area contributed by atoms with E-state index in [-0.39, 0.29) is 11.3 Å². The molecule has 0 aliphatic carbocycles. The van der Waals surface area contributed by atoms with Crippen LogP contribution in [0.15, 0.2) is 64.9 Å². The lowest BCUT2D eigenvalue weighted by Crippen LogP contribution is -2.49. The van der Waals surface area contributed by atoms with E-state index in [0.717, 1.165) is 22.6 Å². The molecule has 0 saturated carbocycles. The fraction of sp³-hybridized carbons (Fsp3) is 0.292. The second-order valence-corrected chi connectivity index (χ2v) is 10.4. The molecule has 4 N–H and O–H groups in total. The molecular weight excluding hydrogens is 504 g/mol. The van der Waals surface area contributed by atoms with Crippen LogP contribution >= 0.6 is 11.3 Å². The summed E-state index contributed by atoms with van der Waals surface area (Å²) >= 11 is 1.49. The average Bonchev–Trinajstić information content (AvgIpc) is 3.38. The molecule has 192 valence electrons. The summed E-state index contributed by atoms with van der Waals surface area (Å²) in [6, 6.07) is 13.9. The summed E-state index contributed by atoms with van der Waals surface area (Å²) < 4.78 is 32.4. The van der Waals surface area contributed by atoms with Gasteiger partial charge in [-0.2, -0.15) is 18.6 Å². The molecule has 2 aromatic carbocycles. The van der Waals surface area contributed by atoms with Crippen molar-refractivity contribution in [3.63, 3.8) is 0 Å². The largest absolute Gasteiger partial charge is 0.453 e. The second kappa shape index (κ2) is 12.6. The fourth-order valence-electron chi connectivity index (χ4n) is 3.49. The van der Waals surface area contributed by atoms with Crippen molar-refractivity contribution in [1.29, 1.82) is 0 Å². The molecule has 0 saturated heterocycles. The minimum atomic E-state index is -4.02. The maximum Gasteiger partial charge on any atom is 0.407 e. The molecule has 0 aliphatic rings. The number of nitrogens with zero attached hydrogens (tertiary/aromatic N) is 1. The summed E-state index contributed by atoms with van der Waals surface area (Å²) in [7, 11) is -2.79. The third-order valence-electron chi connectivity index (χ3n) is 5.40. The van der Waals surface area contributed by atoms with Crippen LogP contribution in [0.3, 0.4) is 0 Å². The first-order valence-electron chi connectivity index (χ1n) is 11.1. The van der Waals surface area contributed by atoms with Crippen LogP contribution in [0.5, 0.6) is 0 Å². The Labute approximate surface area is 213 Å². The number of hydrogen-bond acceptors (Lipinski definition) is 9. The number of nitrogens with one attached hydrogen (secondary N) is 2. The van der Waals surface area contributed by atoms with Crippen LogP contribution in [0.25, 0.3) is 0 Å². The molecule has 36 heavy (non-hydrogen) atoms. The molecule has 0 radical (unpaired) electrons. The summed E-state index contributed by atoms with van der Waals surface area (Å²) in [5.41, 5.74) is 2.29. The zero-order chi connectivity index (χ0) is 26.1. The number of benzene rings is 2. The van der Waals surface area contributed by atoms with E-state index in [1.54, 1.807) is 12.1 Å².